The van der Waals surface area contributed by atoms with E-state index in [2.05, 4.69) is 22.2 Å². The second-order valence-corrected chi connectivity index (χ2v) is 7.07. The van der Waals surface area contributed by atoms with Crippen LogP contribution in [0.25, 0.3) is 10.2 Å². The summed E-state index contributed by atoms with van der Waals surface area (Å²) in [6, 6.07) is 0.167. The Bertz CT molecular complexity index is 743. The number of amides is 1. The summed E-state index contributed by atoms with van der Waals surface area (Å²) in [5.74, 6) is 0.822. The van der Waals surface area contributed by atoms with Gasteiger partial charge in [0.1, 0.15) is 17.0 Å². The first-order chi connectivity index (χ1) is 12.2. The summed E-state index contributed by atoms with van der Waals surface area (Å²) in [5, 5.41) is 4.36. The summed E-state index contributed by atoms with van der Waals surface area (Å²) in [4.78, 5) is 25.1. The molecule has 0 spiro atoms. The highest BCUT2D eigenvalue weighted by molar-refractivity contribution is 7.20. The fraction of sp³-hybridized carbons (Fsp3) is 0.588. The Morgan fingerprint density at radius 2 is 2.20 bits per heavy atom. The zero-order valence-electron chi connectivity index (χ0n) is 14.9. The summed E-state index contributed by atoms with van der Waals surface area (Å²) in [7, 11) is 1.69. The van der Waals surface area contributed by atoms with Crippen LogP contribution in [0.5, 0.6) is 0 Å². The summed E-state index contributed by atoms with van der Waals surface area (Å²) in [6.45, 7) is 7.13. The van der Waals surface area contributed by atoms with E-state index >= 15 is 0 Å². The summed E-state index contributed by atoms with van der Waals surface area (Å²) < 4.78 is 10.6. The van der Waals surface area contributed by atoms with Gasteiger partial charge in [-0.15, -0.1) is 11.3 Å². The van der Waals surface area contributed by atoms with Gasteiger partial charge < -0.3 is 19.7 Å². The van der Waals surface area contributed by atoms with Crippen molar-refractivity contribution < 1.29 is 14.3 Å². The number of nitrogens with zero attached hydrogens (tertiary/aromatic N) is 3. The number of methoxy groups -OCH3 is 1. The molecule has 2 aromatic rings. The van der Waals surface area contributed by atoms with Crippen molar-refractivity contribution in [2.45, 2.75) is 26.3 Å². The molecule has 3 heterocycles. The van der Waals surface area contributed by atoms with Gasteiger partial charge in [-0.3, -0.25) is 4.79 Å². The molecule has 1 aliphatic rings. The number of carbonyl (C=O) groups is 1. The lowest BCUT2D eigenvalue weighted by atomic mass is 10.1. The average molecular weight is 364 g/mol. The normalized spacial score (nSPS) is 16.2. The van der Waals surface area contributed by atoms with Crippen LogP contribution in [0, 0.1) is 6.92 Å². The summed E-state index contributed by atoms with van der Waals surface area (Å²) in [6.07, 6.45) is 2.46. The van der Waals surface area contributed by atoms with E-state index in [4.69, 9.17) is 9.47 Å². The largest absolute Gasteiger partial charge is 0.383 e. The molecule has 0 saturated carbocycles. The van der Waals surface area contributed by atoms with Crippen molar-refractivity contribution in [3.63, 3.8) is 0 Å². The molecule has 136 valence electrons. The van der Waals surface area contributed by atoms with Gasteiger partial charge in [0.25, 0.3) is 5.91 Å². The molecular weight excluding hydrogens is 340 g/mol. The number of hydrogen-bond acceptors (Lipinski definition) is 7. The summed E-state index contributed by atoms with van der Waals surface area (Å²) >= 11 is 1.43. The Balaban J connectivity index is 1.93. The van der Waals surface area contributed by atoms with E-state index in [1.165, 1.54) is 11.3 Å². The average Bonchev–Trinajstić information content (AvgIpc) is 2.99. The highest BCUT2D eigenvalue weighted by Crippen LogP contribution is 2.34. The third kappa shape index (κ3) is 3.75. The smallest absolute Gasteiger partial charge is 0.264 e. The van der Waals surface area contributed by atoms with E-state index in [9.17, 15) is 4.79 Å². The van der Waals surface area contributed by atoms with Gasteiger partial charge in [-0.25, -0.2) is 9.97 Å². The Labute approximate surface area is 151 Å². The number of aryl methyl sites for hydroxylation is 1. The van der Waals surface area contributed by atoms with Crippen molar-refractivity contribution in [2.75, 3.05) is 45.3 Å². The quantitative estimate of drug-likeness (QED) is 0.848. The first-order valence-electron chi connectivity index (χ1n) is 8.52. The highest BCUT2D eigenvalue weighted by Gasteiger charge is 2.25. The Morgan fingerprint density at radius 1 is 1.44 bits per heavy atom. The SMILES string of the molecule is CCC(COC)Nc1ncnc2sc(C(=O)N3CCOCC3)c(C)c12. The molecule has 1 fully saturated rings. The third-order valence-electron chi connectivity index (χ3n) is 4.42. The monoisotopic (exact) mass is 364 g/mol. The molecular formula is C17H24N4O3S. The molecule has 1 atom stereocenters. The third-order valence-corrected chi connectivity index (χ3v) is 5.61. The molecule has 1 amide bonds. The van der Waals surface area contributed by atoms with E-state index in [1.807, 2.05) is 11.8 Å². The first kappa shape index (κ1) is 18.0. The zero-order valence-corrected chi connectivity index (χ0v) is 15.7. The minimum atomic E-state index is 0.0543. The number of aromatic nitrogens is 2. The lowest BCUT2D eigenvalue weighted by molar-refractivity contribution is 0.0306. The van der Waals surface area contributed by atoms with E-state index in [0.29, 0.717) is 32.9 Å². The van der Waals surface area contributed by atoms with Crippen LogP contribution in [0.3, 0.4) is 0 Å². The van der Waals surface area contributed by atoms with Gasteiger partial charge >= 0.3 is 0 Å². The second kappa shape index (κ2) is 8.07. The van der Waals surface area contributed by atoms with Crippen molar-refractivity contribution in [2.24, 2.45) is 0 Å². The van der Waals surface area contributed by atoms with Crippen LogP contribution in [-0.2, 0) is 9.47 Å². The molecule has 0 aromatic carbocycles. The predicted molar refractivity (Wildman–Crippen MR) is 98.5 cm³/mol. The van der Waals surface area contributed by atoms with Crippen molar-refractivity contribution in [3.05, 3.63) is 16.8 Å². The van der Waals surface area contributed by atoms with Gasteiger partial charge in [0.15, 0.2) is 0 Å². The van der Waals surface area contributed by atoms with E-state index in [-0.39, 0.29) is 11.9 Å². The molecule has 3 rings (SSSR count). The number of morpholine rings is 1. The molecule has 0 radical (unpaired) electrons. The second-order valence-electron chi connectivity index (χ2n) is 6.07. The maximum Gasteiger partial charge on any atom is 0.264 e. The predicted octanol–water partition coefficient (Wildman–Crippen LogP) is 2.31. The Kier molecular flexibility index (Phi) is 5.82. The van der Waals surface area contributed by atoms with Gasteiger partial charge in [-0.2, -0.15) is 0 Å². The number of anilines is 1. The number of nitrogens with one attached hydrogen (secondary N) is 1. The maximum absolute atomic E-state index is 12.9. The van der Waals surface area contributed by atoms with Crippen molar-refractivity contribution in [1.29, 1.82) is 0 Å². The minimum absolute atomic E-state index is 0.0543. The fourth-order valence-corrected chi connectivity index (χ4v) is 4.07. The fourth-order valence-electron chi connectivity index (χ4n) is 2.95. The van der Waals surface area contributed by atoms with Crippen LogP contribution in [0.1, 0.15) is 28.6 Å². The standard InChI is InChI=1S/C17H24N4O3S/c1-4-12(9-23-3)20-15-13-11(2)14(25-16(13)19-10-18-15)17(22)21-5-7-24-8-6-21/h10,12H,4-9H2,1-3H3,(H,18,19,20). The van der Waals surface area contributed by atoms with Crippen LogP contribution in [0.2, 0.25) is 0 Å². The number of fused-ring (bicyclic) bond motifs is 1. The first-order valence-corrected chi connectivity index (χ1v) is 9.34. The van der Waals surface area contributed by atoms with E-state index in [1.54, 1.807) is 13.4 Å². The number of ether oxygens (including phenoxy) is 2. The topological polar surface area (TPSA) is 76.6 Å². The molecule has 1 unspecified atom stereocenters. The van der Waals surface area contributed by atoms with Gasteiger partial charge in [-0.05, 0) is 18.9 Å². The molecule has 25 heavy (non-hydrogen) atoms. The van der Waals surface area contributed by atoms with Crippen molar-refractivity contribution in [1.82, 2.24) is 14.9 Å². The van der Waals surface area contributed by atoms with Crippen molar-refractivity contribution in [3.8, 4) is 0 Å². The van der Waals surface area contributed by atoms with Crippen LogP contribution in [-0.4, -0.2) is 66.8 Å². The van der Waals surface area contributed by atoms with Gasteiger partial charge in [-0.1, -0.05) is 6.92 Å². The molecule has 2 aromatic heterocycles. The van der Waals surface area contributed by atoms with E-state index < -0.39 is 0 Å². The molecule has 7 nitrogen and oxygen atoms in total. The number of hydrogen-bond donors (Lipinski definition) is 1. The lowest BCUT2D eigenvalue weighted by Crippen LogP contribution is -2.40. The maximum atomic E-state index is 12.9. The van der Waals surface area contributed by atoms with Crippen LogP contribution >= 0.6 is 11.3 Å². The van der Waals surface area contributed by atoms with Crippen LogP contribution in [0.4, 0.5) is 5.82 Å². The molecule has 1 aliphatic heterocycles. The number of thiophene rings is 1. The summed E-state index contributed by atoms with van der Waals surface area (Å²) in [5.41, 5.74) is 0.937. The van der Waals surface area contributed by atoms with Gasteiger partial charge in [0, 0.05) is 20.2 Å². The van der Waals surface area contributed by atoms with Crippen molar-refractivity contribution >= 4 is 33.3 Å². The number of rotatable bonds is 6. The van der Waals surface area contributed by atoms with Gasteiger partial charge in [0.2, 0.25) is 0 Å². The van der Waals surface area contributed by atoms with Crippen LogP contribution in [0.15, 0.2) is 6.33 Å². The molecule has 1 N–H and O–H groups in total. The molecule has 0 bridgehead atoms. The minimum Gasteiger partial charge on any atom is -0.383 e. The molecule has 1 saturated heterocycles. The van der Waals surface area contributed by atoms with Crippen LogP contribution < -0.4 is 5.32 Å². The molecule has 0 aliphatic carbocycles. The Hall–Kier alpha value is -1.77. The lowest BCUT2D eigenvalue weighted by Gasteiger charge is -2.26. The highest BCUT2D eigenvalue weighted by atomic mass is 32.1. The molecule has 8 heteroatoms. The van der Waals surface area contributed by atoms with E-state index in [0.717, 1.165) is 32.9 Å². The zero-order chi connectivity index (χ0) is 17.8. The number of carbonyl (C=O) groups excluding carboxylic acids is 1. The van der Waals surface area contributed by atoms with Gasteiger partial charge in [0.05, 0.1) is 36.1 Å². The Morgan fingerprint density at radius 3 is 2.88 bits per heavy atom.